The van der Waals surface area contributed by atoms with Crippen molar-refractivity contribution in [3.63, 3.8) is 0 Å². The molecule has 0 amide bonds. The molecule has 0 spiro atoms. The monoisotopic (exact) mass is 255 g/mol. The van der Waals surface area contributed by atoms with Crippen LogP contribution in [0.15, 0.2) is 6.20 Å². The van der Waals surface area contributed by atoms with Gasteiger partial charge in [-0.1, -0.05) is 0 Å². The minimum absolute atomic E-state index is 0.105. The Bertz CT molecular complexity index is 524. The molecule has 3 N–H and O–H groups in total. The van der Waals surface area contributed by atoms with Crippen molar-refractivity contribution in [2.24, 2.45) is 0 Å². The first kappa shape index (κ1) is 12.1. The van der Waals surface area contributed by atoms with E-state index in [1.807, 2.05) is 13.8 Å². The van der Waals surface area contributed by atoms with E-state index in [0.29, 0.717) is 17.9 Å². The van der Waals surface area contributed by atoms with Crippen molar-refractivity contribution in [2.45, 2.75) is 25.8 Å². The van der Waals surface area contributed by atoms with Crippen LogP contribution in [0.3, 0.4) is 0 Å². The minimum Gasteiger partial charge on any atom is -0.396 e. The summed E-state index contributed by atoms with van der Waals surface area (Å²) in [4.78, 5) is 8.16. The second-order valence-corrected chi connectivity index (χ2v) is 4.79. The number of H-pyrrole nitrogens is 1. The molecule has 92 valence electrons. The van der Waals surface area contributed by atoms with Gasteiger partial charge in [0.15, 0.2) is 5.65 Å². The number of aliphatic hydroxyl groups excluding tert-OH is 1. The van der Waals surface area contributed by atoms with E-state index in [4.69, 9.17) is 16.7 Å². The van der Waals surface area contributed by atoms with Crippen LogP contribution < -0.4 is 5.32 Å². The number of nitrogens with one attached hydrogen (secondary N) is 2. The fourth-order valence-electron chi connectivity index (χ4n) is 1.57. The summed E-state index contributed by atoms with van der Waals surface area (Å²) in [5.41, 5.74) is 0.309. The molecular weight excluding hydrogens is 242 g/mol. The van der Waals surface area contributed by atoms with Gasteiger partial charge in [0.1, 0.15) is 5.82 Å². The van der Waals surface area contributed by atoms with Gasteiger partial charge in [0.05, 0.1) is 11.6 Å². The molecule has 6 nitrogen and oxygen atoms in total. The van der Waals surface area contributed by atoms with Crippen LogP contribution >= 0.6 is 11.6 Å². The van der Waals surface area contributed by atoms with Crippen molar-refractivity contribution in [3.05, 3.63) is 11.5 Å². The highest BCUT2D eigenvalue weighted by Crippen LogP contribution is 2.24. The summed E-state index contributed by atoms with van der Waals surface area (Å²) in [6, 6.07) is 0. The van der Waals surface area contributed by atoms with Crippen LogP contribution in [-0.2, 0) is 0 Å². The van der Waals surface area contributed by atoms with Gasteiger partial charge in [0, 0.05) is 12.1 Å². The molecule has 0 aliphatic carbocycles. The van der Waals surface area contributed by atoms with Gasteiger partial charge in [-0.2, -0.15) is 15.1 Å². The Morgan fingerprint density at radius 2 is 2.24 bits per heavy atom. The number of aromatic nitrogens is 4. The topological polar surface area (TPSA) is 86.7 Å². The zero-order valence-electron chi connectivity index (χ0n) is 9.66. The maximum Gasteiger partial charge on any atom is 0.226 e. The van der Waals surface area contributed by atoms with E-state index in [9.17, 15) is 0 Å². The Hall–Kier alpha value is -1.40. The van der Waals surface area contributed by atoms with E-state index in [-0.39, 0.29) is 17.4 Å². The highest BCUT2D eigenvalue weighted by molar-refractivity contribution is 6.28. The summed E-state index contributed by atoms with van der Waals surface area (Å²) in [6.07, 6.45) is 2.25. The number of anilines is 1. The molecule has 17 heavy (non-hydrogen) atoms. The number of hydrogen-bond donors (Lipinski definition) is 3. The quantitative estimate of drug-likeness (QED) is 0.722. The van der Waals surface area contributed by atoms with Gasteiger partial charge in [-0.3, -0.25) is 5.10 Å². The Morgan fingerprint density at radius 3 is 2.94 bits per heavy atom. The molecule has 0 bridgehead atoms. The fraction of sp³-hybridized carbons (Fsp3) is 0.500. The molecule has 0 fully saturated rings. The Balaban J connectivity index is 2.37. The number of halogens is 1. The molecule has 2 rings (SSSR count). The van der Waals surface area contributed by atoms with E-state index >= 15 is 0 Å². The summed E-state index contributed by atoms with van der Waals surface area (Å²) in [5, 5.41) is 19.8. The highest BCUT2D eigenvalue weighted by Gasteiger charge is 2.19. The summed E-state index contributed by atoms with van der Waals surface area (Å²) < 4.78 is 0. The normalized spacial score (nSPS) is 12.0. The Kier molecular flexibility index (Phi) is 3.17. The zero-order valence-corrected chi connectivity index (χ0v) is 10.4. The van der Waals surface area contributed by atoms with Crippen LogP contribution in [0.1, 0.15) is 20.3 Å². The minimum atomic E-state index is -0.281. The van der Waals surface area contributed by atoms with Crippen LogP contribution in [0.2, 0.25) is 5.28 Å². The van der Waals surface area contributed by atoms with E-state index in [1.165, 1.54) is 0 Å². The highest BCUT2D eigenvalue weighted by atomic mass is 35.5. The lowest BCUT2D eigenvalue weighted by atomic mass is 10.0. The van der Waals surface area contributed by atoms with E-state index in [0.717, 1.165) is 5.39 Å². The lowest BCUT2D eigenvalue weighted by Crippen LogP contribution is -2.32. The van der Waals surface area contributed by atoms with E-state index in [2.05, 4.69) is 25.5 Å². The average Bonchev–Trinajstić information content (AvgIpc) is 2.64. The zero-order chi connectivity index (χ0) is 12.5. The molecule has 0 aliphatic heterocycles. The van der Waals surface area contributed by atoms with Crippen LogP contribution in [0.25, 0.3) is 11.0 Å². The summed E-state index contributed by atoms with van der Waals surface area (Å²) in [7, 11) is 0. The van der Waals surface area contributed by atoms with Crippen molar-refractivity contribution in [2.75, 3.05) is 11.9 Å². The third kappa shape index (κ3) is 2.65. The molecule has 2 aromatic heterocycles. The smallest absolute Gasteiger partial charge is 0.226 e. The van der Waals surface area contributed by atoms with Gasteiger partial charge in [0.25, 0.3) is 0 Å². The first-order valence-electron chi connectivity index (χ1n) is 5.27. The standard InChI is InChI=1S/C10H14ClN5O/c1-10(2,3-4-17)15-7-6-5-12-16-8(6)14-9(11)13-7/h5,17H,3-4H2,1-2H3,(H2,12,13,14,15,16). The van der Waals surface area contributed by atoms with Gasteiger partial charge in [-0.05, 0) is 31.9 Å². The summed E-state index contributed by atoms with van der Waals surface area (Å²) in [5.74, 6) is 0.618. The van der Waals surface area contributed by atoms with Crippen molar-refractivity contribution >= 4 is 28.5 Å². The van der Waals surface area contributed by atoms with Crippen molar-refractivity contribution in [1.82, 2.24) is 20.2 Å². The van der Waals surface area contributed by atoms with Crippen molar-refractivity contribution in [3.8, 4) is 0 Å². The van der Waals surface area contributed by atoms with Gasteiger partial charge in [-0.15, -0.1) is 0 Å². The number of fused-ring (bicyclic) bond motifs is 1. The Morgan fingerprint density at radius 1 is 1.47 bits per heavy atom. The van der Waals surface area contributed by atoms with Gasteiger partial charge >= 0.3 is 0 Å². The number of aromatic amines is 1. The molecule has 0 aromatic carbocycles. The Labute approximate surface area is 103 Å². The maximum atomic E-state index is 8.99. The first-order chi connectivity index (χ1) is 8.02. The van der Waals surface area contributed by atoms with Crippen LogP contribution in [-0.4, -0.2) is 37.4 Å². The fourth-order valence-corrected chi connectivity index (χ4v) is 1.73. The number of nitrogens with zero attached hydrogens (tertiary/aromatic N) is 3. The molecular formula is C10H14ClN5O. The molecule has 0 atom stereocenters. The second kappa shape index (κ2) is 4.46. The predicted molar refractivity (Wildman–Crippen MR) is 66.1 cm³/mol. The maximum absolute atomic E-state index is 8.99. The molecule has 0 saturated heterocycles. The van der Waals surface area contributed by atoms with Gasteiger partial charge in [-0.25, -0.2) is 0 Å². The average molecular weight is 256 g/mol. The molecule has 2 heterocycles. The molecule has 7 heteroatoms. The lowest BCUT2D eigenvalue weighted by molar-refractivity contribution is 0.260. The van der Waals surface area contributed by atoms with Gasteiger partial charge in [0.2, 0.25) is 5.28 Å². The van der Waals surface area contributed by atoms with Crippen LogP contribution in [0.5, 0.6) is 0 Å². The number of aliphatic hydroxyl groups is 1. The third-order valence-electron chi connectivity index (χ3n) is 2.48. The second-order valence-electron chi connectivity index (χ2n) is 4.46. The van der Waals surface area contributed by atoms with E-state index < -0.39 is 0 Å². The van der Waals surface area contributed by atoms with Crippen LogP contribution in [0, 0.1) is 0 Å². The molecule has 0 unspecified atom stereocenters. The first-order valence-corrected chi connectivity index (χ1v) is 5.65. The molecule has 0 aliphatic rings. The largest absolute Gasteiger partial charge is 0.396 e. The lowest BCUT2D eigenvalue weighted by Gasteiger charge is -2.26. The summed E-state index contributed by atoms with van der Waals surface area (Å²) >= 11 is 5.83. The van der Waals surface area contributed by atoms with Crippen molar-refractivity contribution < 1.29 is 5.11 Å². The molecule has 0 radical (unpaired) electrons. The number of rotatable bonds is 4. The van der Waals surface area contributed by atoms with Crippen molar-refractivity contribution in [1.29, 1.82) is 0 Å². The predicted octanol–water partition coefficient (Wildman–Crippen LogP) is 1.58. The SMILES string of the molecule is CC(C)(CCO)Nc1nc(Cl)nc2[nH]ncc12. The van der Waals surface area contributed by atoms with E-state index in [1.54, 1.807) is 6.20 Å². The third-order valence-corrected chi connectivity index (χ3v) is 2.65. The molecule has 0 saturated carbocycles. The summed E-state index contributed by atoms with van der Waals surface area (Å²) in [6.45, 7) is 4.06. The molecule has 2 aromatic rings. The van der Waals surface area contributed by atoms with Crippen LogP contribution in [0.4, 0.5) is 5.82 Å². The van der Waals surface area contributed by atoms with Gasteiger partial charge < -0.3 is 10.4 Å². The number of hydrogen-bond acceptors (Lipinski definition) is 5.